The molecule has 0 fully saturated rings. The maximum Gasteiger partial charge on any atom is 0.389 e. The van der Waals surface area contributed by atoms with E-state index in [1.54, 1.807) is 6.92 Å². The minimum atomic E-state index is -4.30. The Balaban J connectivity index is 4.23. The molecule has 0 aromatic carbocycles. The fraction of sp³-hybridized carbons (Fsp3) is 0.900. The highest BCUT2D eigenvalue weighted by Crippen LogP contribution is 2.28. The molecule has 2 nitrogen and oxygen atoms in total. The molecule has 0 spiro atoms. The zero-order chi connectivity index (χ0) is 11.9. The molecule has 0 aliphatic carbocycles. The fourth-order valence-electron chi connectivity index (χ4n) is 1.29. The summed E-state index contributed by atoms with van der Waals surface area (Å²) in [5.41, 5.74) is 0. The van der Waals surface area contributed by atoms with Gasteiger partial charge in [0.25, 0.3) is 0 Å². The predicted molar refractivity (Wildman–Crippen MR) is 50.3 cm³/mol. The van der Waals surface area contributed by atoms with E-state index in [1.807, 2.05) is 6.92 Å². The van der Waals surface area contributed by atoms with Gasteiger partial charge in [0, 0.05) is 0 Å². The molecule has 90 valence electrons. The van der Waals surface area contributed by atoms with Crippen LogP contribution < -0.4 is 0 Å². The summed E-state index contributed by atoms with van der Waals surface area (Å²) < 4.78 is 41.0. The number of carbonyl (C=O) groups excluding carboxylic acids is 1. The second-order valence-corrected chi connectivity index (χ2v) is 3.41. The lowest BCUT2D eigenvalue weighted by Gasteiger charge is -2.16. The van der Waals surface area contributed by atoms with Gasteiger partial charge in [0.05, 0.1) is 18.9 Å². The van der Waals surface area contributed by atoms with E-state index in [9.17, 15) is 18.0 Å². The Hall–Kier alpha value is -0.740. The van der Waals surface area contributed by atoms with Crippen LogP contribution in [0.2, 0.25) is 0 Å². The van der Waals surface area contributed by atoms with Crippen LogP contribution in [0, 0.1) is 5.92 Å². The molecule has 1 unspecified atom stereocenters. The van der Waals surface area contributed by atoms with Gasteiger partial charge in [-0.25, -0.2) is 0 Å². The highest BCUT2D eigenvalue weighted by atomic mass is 19.4. The first kappa shape index (κ1) is 14.3. The van der Waals surface area contributed by atoms with Crippen molar-refractivity contribution in [3.05, 3.63) is 0 Å². The second-order valence-electron chi connectivity index (χ2n) is 3.41. The molecule has 15 heavy (non-hydrogen) atoms. The Morgan fingerprint density at radius 1 is 1.33 bits per heavy atom. The van der Waals surface area contributed by atoms with Gasteiger partial charge >= 0.3 is 12.1 Å². The highest BCUT2D eigenvalue weighted by Gasteiger charge is 2.35. The molecule has 0 aromatic rings. The van der Waals surface area contributed by atoms with Crippen LogP contribution in [-0.2, 0) is 9.53 Å². The predicted octanol–water partition coefficient (Wildman–Crippen LogP) is 3.31. The van der Waals surface area contributed by atoms with Crippen LogP contribution in [0.3, 0.4) is 0 Å². The molecular weight excluding hydrogens is 209 g/mol. The summed E-state index contributed by atoms with van der Waals surface area (Å²) in [6.07, 6.45) is -3.75. The zero-order valence-electron chi connectivity index (χ0n) is 9.06. The summed E-state index contributed by atoms with van der Waals surface area (Å²) in [7, 11) is 0. The van der Waals surface area contributed by atoms with E-state index in [-0.39, 0.29) is 13.0 Å². The van der Waals surface area contributed by atoms with Crippen LogP contribution in [0.1, 0.15) is 39.5 Å². The van der Waals surface area contributed by atoms with Crippen LogP contribution in [0.25, 0.3) is 0 Å². The summed E-state index contributed by atoms with van der Waals surface area (Å²) >= 11 is 0. The van der Waals surface area contributed by atoms with Gasteiger partial charge in [0.1, 0.15) is 0 Å². The molecule has 5 heteroatoms. The Kier molecular flexibility index (Phi) is 6.36. The number of hydrogen-bond acceptors (Lipinski definition) is 2. The second kappa shape index (κ2) is 6.69. The average Bonchev–Trinajstić information content (AvgIpc) is 2.10. The smallest absolute Gasteiger partial charge is 0.389 e. The van der Waals surface area contributed by atoms with Gasteiger partial charge in [0.2, 0.25) is 0 Å². The van der Waals surface area contributed by atoms with Crippen molar-refractivity contribution in [3.8, 4) is 0 Å². The number of unbranched alkanes of at least 4 members (excludes halogenated alkanes) is 1. The third-order valence-corrected chi connectivity index (χ3v) is 2.00. The van der Waals surface area contributed by atoms with E-state index < -0.39 is 24.5 Å². The van der Waals surface area contributed by atoms with Crippen molar-refractivity contribution in [1.29, 1.82) is 0 Å². The monoisotopic (exact) mass is 226 g/mol. The molecule has 0 saturated heterocycles. The highest BCUT2D eigenvalue weighted by molar-refractivity contribution is 5.72. The zero-order valence-corrected chi connectivity index (χ0v) is 9.06. The van der Waals surface area contributed by atoms with Gasteiger partial charge in [-0.15, -0.1) is 0 Å². The van der Waals surface area contributed by atoms with E-state index in [1.165, 1.54) is 0 Å². The largest absolute Gasteiger partial charge is 0.466 e. The fourth-order valence-corrected chi connectivity index (χ4v) is 1.29. The standard InChI is InChI=1S/C10H17F3O2/c1-3-5-6-8(7-10(11,12)13)9(14)15-4-2/h8H,3-7H2,1-2H3. The van der Waals surface area contributed by atoms with E-state index >= 15 is 0 Å². The molecule has 0 N–H and O–H groups in total. The van der Waals surface area contributed by atoms with Crippen molar-refractivity contribution in [1.82, 2.24) is 0 Å². The maximum atomic E-state index is 12.1. The normalized spacial score (nSPS) is 13.7. The van der Waals surface area contributed by atoms with Crippen LogP contribution in [0.4, 0.5) is 13.2 Å². The van der Waals surface area contributed by atoms with Crippen molar-refractivity contribution in [2.75, 3.05) is 6.61 Å². The van der Waals surface area contributed by atoms with Crippen LogP contribution >= 0.6 is 0 Å². The lowest BCUT2D eigenvalue weighted by atomic mass is 9.98. The molecule has 0 aromatic heterocycles. The number of alkyl halides is 3. The number of hydrogen-bond donors (Lipinski definition) is 0. The van der Waals surface area contributed by atoms with E-state index in [2.05, 4.69) is 4.74 Å². The molecule has 0 radical (unpaired) electrons. The van der Waals surface area contributed by atoms with Crippen LogP contribution in [-0.4, -0.2) is 18.8 Å². The first-order valence-electron chi connectivity index (χ1n) is 5.14. The van der Waals surface area contributed by atoms with Crippen molar-refractivity contribution in [2.45, 2.75) is 45.7 Å². The molecule has 0 aliphatic heterocycles. The van der Waals surface area contributed by atoms with Gasteiger partial charge < -0.3 is 4.74 Å². The number of halogens is 3. The number of ether oxygens (including phenoxy) is 1. The van der Waals surface area contributed by atoms with Crippen LogP contribution in [0.15, 0.2) is 0 Å². The molecule has 1 atom stereocenters. The minimum absolute atomic E-state index is 0.124. The summed E-state index contributed by atoms with van der Waals surface area (Å²) in [5, 5.41) is 0. The van der Waals surface area contributed by atoms with Gasteiger partial charge in [-0.05, 0) is 13.3 Å². The minimum Gasteiger partial charge on any atom is -0.466 e. The summed E-state index contributed by atoms with van der Waals surface area (Å²) in [4.78, 5) is 11.2. The third-order valence-electron chi connectivity index (χ3n) is 2.00. The van der Waals surface area contributed by atoms with Crippen molar-refractivity contribution in [2.24, 2.45) is 5.92 Å². The Morgan fingerprint density at radius 3 is 2.33 bits per heavy atom. The van der Waals surface area contributed by atoms with Crippen molar-refractivity contribution < 1.29 is 22.7 Å². The first-order valence-corrected chi connectivity index (χ1v) is 5.14. The van der Waals surface area contributed by atoms with Gasteiger partial charge in [-0.1, -0.05) is 19.8 Å². The lowest BCUT2D eigenvalue weighted by molar-refractivity contribution is -0.168. The molecule has 0 rings (SSSR count). The number of esters is 1. The van der Waals surface area contributed by atoms with Gasteiger partial charge in [0.15, 0.2) is 0 Å². The summed E-state index contributed by atoms with van der Waals surface area (Å²) in [5.74, 6) is -1.77. The Bertz CT molecular complexity index is 190. The molecule has 0 aliphatic rings. The third kappa shape index (κ3) is 7.22. The summed E-state index contributed by atoms with van der Waals surface area (Å²) in [6.45, 7) is 3.58. The number of carbonyl (C=O) groups is 1. The SMILES string of the molecule is CCCCC(CC(F)(F)F)C(=O)OCC. The van der Waals surface area contributed by atoms with E-state index in [4.69, 9.17) is 0 Å². The van der Waals surface area contributed by atoms with Crippen molar-refractivity contribution in [3.63, 3.8) is 0 Å². The first-order chi connectivity index (χ1) is 6.90. The quantitative estimate of drug-likeness (QED) is 0.649. The molecule has 0 bridgehead atoms. The lowest BCUT2D eigenvalue weighted by Crippen LogP contribution is -2.24. The van der Waals surface area contributed by atoms with Crippen molar-refractivity contribution >= 4 is 5.97 Å². The number of rotatable bonds is 6. The van der Waals surface area contributed by atoms with Gasteiger partial charge in [-0.3, -0.25) is 4.79 Å². The van der Waals surface area contributed by atoms with E-state index in [0.717, 1.165) is 6.42 Å². The topological polar surface area (TPSA) is 26.3 Å². The summed E-state index contributed by atoms with van der Waals surface area (Å²) in [6, 6.07) is 0. The van der Waals surface area contributed by atoms with Crippen LogP contribution in [0.5, 0.6) is 0 Å². The Morgan fingerprint density at radius 2 is 1.93 bits per heavy atom. The molecule has 0 amide bonds. The molecule has 0 heterocycles. The van der Waals surface area contributed by atoms with E-state index in [0.29, 0.717) is 6.42 Å². The molecular formula is C10H17F3O2. The molecule has 0 saturated carbocycles. The maximum absolute atomic E-state index is 12.1. The van der Waals surface area contributed by atoms with Gasteiger partial charge in [-0.2, -0.15) is 13.2 Å². The Labute approximate surface area is 87.8 Å². The average molecular weight is 226 g/mol.